The zero-order valence-electron chi connectivity index (χ0n) is 11.6. The number of hydrogen-bond acceptors (Lipinski definition) is 2. The first-order valence-electron chi connectivity index (χ1n) is 6.71. The third-order valence-corrected chi connectivity index (χ3v) is 3.48. The summed E-state index contributed by atoms with van der Waals surface area (Å²) in [6.45, 7) is 2.85. The molecule has 21 heavy (non-hydrogen) atoms. The average molecular weight is 323 g/mol. The molecule has 1 amide bonds. The number of anilines is 2. The molecule has 0 heterocycles. The van der Waals surface area contributed by atoms with Crippen LogP contribution in [0, 0.1) is 0 Å². The second-order valence-corrected chi connectivity index (χ2v) is 5.39. The van der Waals surface area contributed by atoms with E-state index in [-0.39, 0.29) is 5.91 Å². The zero-order valence-corrected chi connectivity index (χ0v) is 13.1. The Morgan fingerprint density at radius 1 is 1.10 bits per heavy atom. The Balaban J connectivity index is 2.25. The van der Waals surface area contributed by atoms with E-state index < -0.39 is 0 Å². The fourth-order valence-corrected chi connectivity index (χ4v) is 2.23. The summed E-state index contributed by atoms with van der Waals surface area (Å²) in [5, 5.41) is 7.03. The van der Waals surface area contributed by atoms with Crippen molar-refractivity contribution in [2.75, 3.05) is 17.2 Å². The number of para-hydroxylation sites is 1. The van der Waals surface area contributed by atoms with E-state index in [9.17, 15) is 4.79 Å². The molecule has 2 rings (SSSR count). The maximum Gasteiger partial charge on any atom is 0.257 e. The van der Waals surface area contributed by atoms with Gasteiger partial charge in [-0.1, -0.05) is 42.3 Å². The highest BCUT2D eigenvalue weighted by Gasteiger charge is 2.13. The number of nitrogens with one attached hydrogen (secondary N) is 2. The first-order valence-corrected chi connectivity index (χ1v) is 7.46. The second-order valence-electron chi connectivity index (χ2n) is 4.55. The van der Waals surface area contributed by atoms with Gasteiger partial charge in [0.05, 0.1) is 16.3 Å². The number of hydrogen-bond donors (Lipinski definition) is 2. The fraction of sp³-hybridized carbons (Fsp3) is 0.188. The van der Waals surface area contributed by atoms with Gasteiger partial charge in [0.2, 0.25) is 0 Å². The lowest BCUT2D eigenvalue weighted by Crippen LogP contribution is -2.15. The summed E-state index contributed by atoms with van der Waals surface area (Å²) in [6.07, 6.45) is 0.966. The van der Waals surface area contributed by atoms with Crippen LogP contribution in [0.5, 0.6) is 0 Å². The Hall–Kier alpha value is -1.71. The van der Waals surface area contributed by atoms with E-state index >= 15 is 0 Å². The molecule has 0 saturated carbocycles. The van der Waals surface area contributed by atoms with Gasteiger partial charge < -0.3 is 10.6 Å². The van der Waals surface area contributed by atoms with Gasteiger partial charge in [0.1, 0.15) is 0 Å². The van der Waals surface area contributed by atoms with Gasteiger partial charge in [-0.05, 0) is 36.8 Å². The molecule has 0 aliphatic heterocycles. The third-order valence-electron chi connectivity index (χ3n) is 2.91. The van der Waals surface area contributed by atoms with Gasteiger partial charge >= 0.3 is 0 Å². The Kier molecular flexibility index (Phi) is 5.48. The van der Waals surface area contributed by atoms with E-state index in [4.69, 9.17) is 23.2 Å². The van der Waals surface area contributed by atoms with E-state index in [0.717, 1.165) is 18.7 Å². The van der Waals surface area contributed by atoms with Crippen LogP contribution in [0.1, 0.15) is 23.7 Å². The summed E-state index contributed by atoms with van der Waals surface area (Å²) in [7, 11) is 0. The summed E-state index contributed by atoms with van der Waals surface area (Å²) < 4.78 is 0. The molecule has 0 aliphatic carbocycles. The van der Waals surface area contributed by atoms with Crippen molar-refractivity contribution in [2.24, 2.45) is 0 Å². The Labute approximate surface area is 134 Å². The van der Waals surface area contributed by atoms with Gasteiger partial charge in [-0.2, -0.15) is 0 Å². The molecule has 0 radical (unpaired) electrons. The number of amides is 1. The van der Waals surface area contributed by atoms with Crippen molar-refractivity contribution in [1.29, 1.82) is 0 Å². The van der Waals surface area contributed by atoms with Crippen LogP contribution in [0.4, 0.5) is 11.4 Å². The van der Waals surface area contributed by atoms with Crippen LogP contribution in [0.3, 0.4) is 0 Å². The van der Waals surface area contributed by atoms with Gasteiger partial charge in [0.25, 0.3) is 5.91 Å². The van der Waals surface area contributed by atoms with Gasteiger partial charge in [0.15, 0.2) is 0 Å². The normalized spacial score (nSPS) is 10.2. The largest absolute Gasteiger partial charge is 0.384 e. The second kappa shape index (κ2) is 7.34. The van der Waals surface area contributed by atoms with Crippen molar-refractivity contribution in [2.45, 2.75) is 13.3 Å². The van der Waals surface area contributed by atoms with Crippen LogP contribution >= 0.6 is 23.2 Å². The molecule has 2 aromatic carbocycles. The monoisotopic (exact) mass is 322 g/mol. The molecule has 0 spiro atoms. The molecule has 0 aliphatic rings. The van der Waals surface area contributed by atoms with E-state index in [1.54, 1.807) is 30.3 Å². The molecule has 2 aromatic rings. The van der Waals surface area contributed by atoms with Crippen molar-refractivity contribution in [1.82, 2.24) is 0 Å². The molecule has 0 fully saturated rings. The standard InChI is InChI=1S/C16H16Cl2N2O/c1-2-9-19-14-8-7-11(17)10-12(14)16(21)20-15-6-4-3-5-13(15)18/h3-8,10,19H,2,9H2,1H3,(H,20,21). The molecule has 110 valence electrons. The number of rotatable bonds is 5. The number of halogens is 2. The molecule has 0 unspecified atom stereocenters. The predicted octanol–water partition coefficient (Wildman–Crippen LogP) is 5.07. The average Bonchev–Trinajstić information content (AvgIpc) is 2.48. The fourth-order valence-electron chi connectivity index (χ4n) is 1.87. The van der Waals surface area contributed by atoms with Gasteiger partial charge in [-0.15, -0.1) is 0 Å². The first kappa shape index (κ1) is 15.7. The number of carbonyl (C=O) groups is 1. The molecular formula is C16H16Cl2N2O. The third kappa shape index (κ3) is 4.13. The molecular weight excluding hydrogens is 307 g/mol. The Morgan fingerprint density at radius 2 is 1.86 bits per heavy atom. The lowest BCUT2D eigenvalue weighted by Gasteiger charge is -2.13. The maximum atomic E-state index is 12.4. The van der Waals surface area contributed by atoms with E-state index in [0.29, 0.717) is 21.3 Å². The predicted molar refractivity (Wildman–Crippen MR) is 89.6 cm³/mol. The maximum absolute atomic E-state index is 12.4. The van der Waals surface area contributed by atoms with Gasteiger partial charge in [0, 0.05) is 17.3 Å². The van der Waals surface area contributed by atoms with Gasteiger partial charge in [-0.3, -0.25) is 4.79 Å². The van der Waals surface area contributed by atoms with Crippen molar-refractivity contribution in [3.63, 3.8) is 0 Å². The van der Waals surface area contributed by atoms with Crippen molar-refractivity contribution in [3.8, 4) is 0 Å². The van der Waals surface area contributed by atoms with Gasteiger partial charge in [-0.25, -0.2) is 0 Å². The van der Waals surface area contributed by atoms with Crippen LogP contribution in [0.25, 0.3) is 0 Å². The molecule has 0 atom stereocenters. The quantitative estimate of drug-likeness (QED) is 0.807. The SMILES string of the molecule is CCCNc1ccc(Cl)cc1C(=O)Nc1ccccc1Cl. The lowest BCUT2D eigenvalue weighted by molar-refractivity contribution is 0.102. The highest BCUT2D eigenvalue weighted by Crippen LogP contribution is 2.25. The molecule has 3 nitrogen and oxygen atoms in total. The molecule has 0 aromatic heterocycles. The Bertz CT molecular complexity index is 644. The minimum Gasteiger partial charge on any atom is -0.384 e. The van der Waals surface area contributed by atoms with Crippen LogP contribution in [0.15, 0.2) is 42.5 Å². The summed E-state index contributed by atoms with van der Waals surface area (Å²) in [5.74, 6) is -0.246. The minimum atomic E-state index is -0.246. The summed E-state index contributed by atoms with van der Waals surface area (Å²) in [4.78, 5) is 12.4. The van der Waals surface area contributed by atoms with Crippen molar-refractivity contribution >= 4 is 40.5 Å². The van der Waals surface area contributed by atoms with E-state index in [1.165, 1.54) is 0 Å². The van der Waals surface area contributed by atoms with Crippen LogP contribution in [-0.2, 0) is 0 Å². The smallest absolute Gasteiger partial charge is 0.257 e. The Morgan fingerprint density at radius 3 is 2.57 bits per heavy atom. The van der Waals surface area contributed by atoms with E-state index in [2.05, 4.69) is 17.6 Å². The molecule has 2 N–H and O–H groups in total. The zero-order chi connectivity index (χ0) is 15.2. The lowest BCUT2D eigenvalue weighted by atomic mass is 10.1. The minimum absolute atomic E-state index is 0.246. The van der Waals surface area contributed by atoms with Crippen molar-refractivity contribution in [3.05, 3.63) is 58.1 Å². The number of carbonyl (C=O) groups excluding carboxylic acids is 1. The molecule has 0 saturated heterocycles. The van der Waals surface area contributed by atoms with Crippen molar-refractivity contribution < 1.29 is 4.79 Å². The first-order chi connectivity index (χ1) is 10.1. The number of benzene rings is 2. The van der Waals surface area contributed by atoms with E-state index in [1.807, 2.05) is 12.1 Å². The van der Waals surface area contributed by atoms with Crippen LogP contribution in [0.2, 0.25) is 10.0 Å². The highest BCUT2D eigenvalue weighted by molar-refractivity contribution is 6.34. The topological polar surface area (TPSA) is 41.1 Å². The summed E-state index contributed by atoms with van der Waals surface area (Å²) in [5.41, 5.74) is 1.83. The highest BCUT2D eigenvalue weighted by atomic mass is 35.5. The molecule has 0 bridgehead atoms. The summed E-state index contributed by atoms with van der Waals surface area (Å²) >= 11 is 12.0. The summed E-state index contributed by atoms with van der Waals surface area (Å²) in [6, 6.07) is 12.3. The van der Waals surface area contributed by atoms with Crippen LogP contribution in [-0.4, -0.2) is 12.5 Å². The van der Waals surface area contributed by atoms with Crippen LogP contribution < -0.4 is 10.6 Å². The molecule has 5 heteroatoms.